The van der Waals surface area contributed by atoms with Crippen LogP contribution >= 0.6 is 0 Å². The molecule has 3 heterocycles. The van der Waals surface area contributed by atoms with Gasteiger partial charge in [0.15, 0.2) is 0 Å². The summed E-state index contributed by atoms with van der Waals surface area (Å²) in [7, 11) is 0. The summed E-state index contributed by atoms with van der Waals surface area (Å²) in [6, 6.07) is 12.2. The minimum absolute atomic E-state index is 0.105. The Morgan fingerprint density at radius 2 is 2.10 bits per heavy atom. The molecule has 2 aromatic heterocycles. The van der Waals surface area contributed by atoms with E-state index in [1.807, 2.05) is 12.1 Å². The molecule has 1 atom stereocenters. The summed E-state index contributed by atoms with van der Waals surface area (Å²) < 4.78 is 5.49. The summed E-state index contributed by atoms with van der Waals surface area (Å²) in [4.78, 5) is 8.63. The monoisotopic (exact) mass is 278 g/mol. The van der Waals surface area contributed by atoms with Crippen molar-refractivity contribution in [3.8, 4) is 11.4 Å². The van der Waals surface area contributed by atoms with Gasteiger partial charge in [-0.2, -0.15) is 4.98 Å². The number of nitrogens with one attached hydrogen (secondary N) is 1. The number of aromatic nitrogens is 3. The highest BCUT2D eigenvalue weighted by atomic mass is 16.5. The van der Waals surface area contributed by atoms with Crippen molar-refractivity contribution in [2.75, 3.05) is 6.54 Å². The quantitative estimate of drug-likeness (QED) is 0.779. The number of pyridine rings is 1. The number of nitrogens with zero attached hydrogens (tertiary/aromatic N) is 3. The van der Waals surface area contributed by atoms with Gasteiger partial charge in [-0.05, 0) is 23.3 Å². The lowest BCUT2D eigenvalue weighted by atomic mass is 9.91. The van der Waals surface area contributed by atoms with Crippen molar-refractivity contribution >= 4 is 0 Å². The molecule has 1 aromatic carbocycles. The fourth-order valence-corrected chi connectivity index (χ4v) is 2.71. The largest absolute Gasteiger partial charge is 0.338 e. The second kappa shape index (κ2) is 5.10. The first-order valence-corrected chi connectivity index (χ1v) is 6.94. The number of benzene rings is 1. The Morgan fingerprint density at radius 1 is 1.14 bits per heavy atom. The lowest BCUT2D eigenvalue weighted by molar-refractivity contribution is 0.356. The first kappa shape index (κ1) is 12.2. The summed E-state index contributed by atoms with van der Waals surface area (Å²) in [5.41, 5.74) is 3.41. The van der Waals surface area contributed by atoms with Crippen molar-refractivity contribution < 1.29 is 4.52 Å². The van der Waals surface area contributed by atoms with Crippen LogP contribution in [0.3, 0.4) is 0 Å². The minimum Gasteiger partial charge on any atom is -0.338 e. The fraction of sp³-hybridized carbons (Fsp3) is 0.188. The van der Waals surface area contributed by atoms with Gasteiger partial charge in [-0.25, -0.2) is 0 Å². The van der Waals surface area contributed by atoms with E-state index >= 15 is 0 Å². The van der Waals surface area contributed by atoms with Crippen LogP contribution in [-0.2, 0) is 6.54 Å². The Hall–Kier alpha value is -2.53. The van der Waals surface area contributed by atoms with Crippen LogP contribution in [0.2, 0.25) is 0 Å². The fourth-order valence-electron chi connectivity index (χ4n) is 2.71. The lowest BCUT2D eigenvalue weighted by Crippen LogP contribution is -2.28. The summed E-state index contributed by atoms with van der Waals surface area (Å²) in [6.07, 6.45) is 3.47. The normalized spacial score (nSPS) is 17.4. The van der Waals surface area contributed by atoms with Gasteiger partial charge in [-0.15, -0.1) is 0 Å². The van der Waals surface area contributed by atoms with E-state index < -0.39 is 0 Å². The number of hydrogen-bond acceptors (Lipinski definition) is 5. The third-order valence-electron chi connectivity index (χ3n) is 3.75. The lowest BCUT2D eigenvalue weighted by Gasteiger charge is -2.23. The molecule has 1 unspecified atom stereocenters. The van der Waals surface area contributed by atoms with Gasteiger partial charge in [0.2, 0.25) is 11.7 Å². The molecule has 5 nitrogen and oxygen atoms in total. The average molecular weight is 278 g/mol. The zero-order valence-corrected chi connectivity index (χ0v) is 11.4. The van der Waals surface area contributed by atoms with Gasteiger partial charge in [-0.3, -0.25) is 4.98 Å². The molecular formula is C16H14N4O. The zero-order chi connectivity index (χ0) is 14.1. The van der Waals surface area contributed by atoms with Crippen molar-refractivity contribution in [3.63, 3.8) is 0 Å². The number of rotatable bonds is 2. The molecule has 0 saturated carbocycles. The van der Waals surface area contributed by atoms with E-state index in [0.717, 1.165) is 18.7 Å². The Morgan fingerprint density at radius 3 is 3.00 bits per heavy atom. The molecule has 5 heteroatoms. The zero-order valence-electron chi connectivity index (χ0n) is 11.4. The molecular weight excluding hydrogens is 264 g/mol. The molecule has 0 fully saturated rings. The van der Waals surface area contributed by atoms with Crippen LogP contribution in [-0.4, -0.2) is 21.7 Å². The highest BCUT2D eigenvalue weighted by Crippen LogP contribution is 2.29. The van der Waals surface area contributed by atoms with Crippen LogP contribution < -0.4 is 5.32 Å². The standard InChI is InChI=1S/C16H14N4O/c1-2-6-13-11(4-1)8-18-10-14(13)16-19-15(20-21-16)12-5-3-7-17-9-12/h1-7,9,14,18H,8,10H2. The molecule has 0 radical (unpaired) electrons. The molecule has 21 heavy (non-hydrogen) atoms. The van der Waals surface area contributed by atoms with E-state index in [1.54, 1.807) is 12.4 Å². The highest BCUT2D eigenvalue weighted by molar-refractivity contribution is 5.52. The Balaban J connectivity index is 1.71. The van der Waals surface area contributed by atoms with Crippen molar-refractivity contribution in [2.45, 2.75) is 12.5 Å². The minimum atomic E-state index is 0.105. The van der Waals surface area contributed by atoms with E-state index in [-0.39, 0.29) is 5.92 Å². The smallest absolute Gasteiger partial charge is 0.235 e. The Labute approximate surface area is 122 Å². The molecule has 1 N–H and O–H groups in total. The molecule has 3 aromatic rings. The highest BCUT2D eigenvalue weighted by Gasteiger charge is 2.26. The topological polar surface area (TPSA) is 63.8 Å². The maximum atomic E-state index is 5.49. The summed E-state index contributed by atoms with van der Waals surface area (Å²) >= 11 is 0. The van der Waals surface area contributed by atoms with Gasteiger partial charge in [-0.1, -0.05) is 29.4 Å². The number of hydrogen-bond donors (Lipinski definition) is 1. The molecule has 0 amide bonds. The summed E-state index contributed by atoms with van der Waals surface area (Å²) in [6.45, 7) is 1.70. The van der Waals surface area contributed by atoms with Crippen LogP contribution in [0.5, 0.6) is 0 Å². The van der Waals surface area contributed by atoms with Gasteiger partial charge >= 0.3 is 0 Å². The molecule has 0 bridgehead atoms. The second-order valence-electron chi connectivity index (χ2n) is 5.08. The molecule has 104 valence electrons. The van der Waals surface area contributed by atoms with E-state index in [9.17, 15) is 0 Å². The summed E-state index contributed by atoms with van der Waals surface area (Å²) in [5, 5.41) is 7.48. The maximum Gasteiger partial charge on any atom is 0.235 e. The SMILES string of the molecule is c1cncc(-c2noc(C3CNCc4ccccc43)n2)c1. The van der Waals surface area contributed by atoms with Crippen LogP contribution in [0.15, 0.2) is 53.3 Å². The van der Waals surface area contributed by atoms with Gasteiger partial charge in [0.1, 0.15) is 0 Å². The van der Waals surface area contributed by atoms with Crippen molar-refractivity contribution in [3.05, 3.63) is 65.8 Å². The predicted octanol–water partition coefficient (Wildman–Crippen LogP) is 2.37. The van der Waals surface area contributed by atoms with E-state index in [4.69, 9.17) is 4.52 Å². The molecule has 1 aliphatic rings. The third kappa shape index (κ3) is 2.21. The predicted molar refractivity (Wildman–Crippen MR) is 77.5 cm³/mol. The van der Waals surface area contributed by atoms with Crippen molar-refractivity contribution in [2.24, 2.45) is 0 Å². The maximum absolute atomic E-state index is 5.49. The Kier molecular flexibility index (Phi) is 2.97. The van der Waals surface area contributed by atoms with Gasteiger partial charge in [0.05, 0.1) is 5.92 Å². The van der Waals surface area contributed by atoms with Crippen molar-refractivity contribution in [1.29, 1.82) is 0 Å². The Bertz CT molecular complexity index is 754. The van der Waals surface area contributed by atoms with Crippen LogP contribution in [0.4, 0.5) is 0 Å². The number of fused-ring (bicyclic) bond motifs is 1. The van der Waals surface area contributed by atoms with Crippen LogP contribution in [0.1, 0.15) is 22.9 Å². The molecule has 0 saturated heterocycles. The van der Waals surface area contributed by atoms with Gasteiger partial charge in [0, 0.05) is 31.0 Å². The molecule has 1 aliphatic heterocycles. The van der Waals surface area contributed by atoms with E-state index in [2.05, 4.69) is 44.7 Å². The van der Waals surface area contributed by atoms with Crippen LogP contribution in [0.25, 0.3) is 11.4 Å². The van der Waals surface area contributed by atoms with Gasteiger partial charge in [0.25, 0.3) is 0 Å². The average Bonchev–Trinajstić information content (AvgIpc) is 3.05. The molecule has 0 spiro atoms. The van der Waals surface area contributed by atoms with E-state index in [0.29, 0.717) is 11.7 Å². The third-order valence-corrected chi connectivity index (χ3v) is 3.75. The molecule has 0 aliphatic carbocycles. The molecule has 4 rings (SSSR count). The first-order chi connectivity index (χ1) is 10.4. The van der Waals surface area contributed by atoms with Crippen LogP contribution in [0, 0.1) is 0 Å². The first-order valence-electron chi connectivity index (χ1n) is 6.94. The van der Waals surface area contributed by atoms with E-state index in [1.165, 1.54) is 11.1 Å². The van der Waals surface area contributed by atoms with Gasteiger partial charge < -0.3 is 9.84 Å². The second-order valence-corrected chi connectivity index (χ2v) is 5.08. The summed E-state index contributed by atoms with van der Waals surface area (Å²) in [5.74, 6) is 1.34. The van der Waals surface area contributed by atoms with Crippen molar-refractivity contribution in [1.82, 2.24) is 20.4 Å².